The first kappa shape index (κ1) is 27.8. The van der Waals surface area contributed by atoms with Crippen LogP contribution in [0.2, 0.25) is 0 Å². The molecule has 0 bridgehead atoms. The van der Waals surface area contributed by atoms with Gasteiger partial charge in [-0.25, -0.2) is 14.2 Å². The number of ether oxygens (including phenoxy) is 1. The minimum Gasteiger partial charge on any atom is -0.478 e. The highest BCUT2D eigenvalue weighted by molar-refractivity contribution is 5.89. The second kappa shape index (κ2) is 12.3. The summed E-state index contributed by atoms with van der Waals surface area (Å²) in [7, 11) is 0. The highest BCUT2D eigenvalue weighted by atomic mass is 19.1. The first-order valence-corrected chi connectivity index (χ1v) is 14.6. The third-order valence-corrected chi connectivity index (χ3v) is 8.37. The highest BCUT2D eigenvalue weighted by Gasteiger charge is 2.27. The molecule has 8 heteroatoms. The number of morpholine rings is 1. The maximum atomic E-state index is 14.5. The van der Waals surface area contributed by atoms with Crippen LogP contribution >= 0.6 is 0 Å². The van der Waals surface area contributed by atoms with Gasteiger partial charge in [-0.1, -0.05) is 43.5 Å². The third kappa shape index (κ3) is 5.85. The molecule has 216 valence electrons. The molecule has 1 saturated heterocycles. The summed E-state index contributed by atoms with van der Waals surface area (Å²) in [5.41, 5.74) is 5.48. The lowest BCUT2D eigenvalue weighted by Gasteiger charge is -2.28. The summed E-state index contributed by atoms with van der Waals surface area (Å²) in [6.07, 6.45) is 8.32. The van der Waals surface area contributed by atoms with E-state index >= 15 is 0 Å². The molecular formula is C34H34FN3O4. The molecule has 1 aliphatic carbocycles. The zero-order valence-corrected chi connectivity index (χ0v) is 23.5. The number of amides is 1. The van der Waals surface area contributed by atoms with E-state index in [0.29, 0.717) is 49.2 Å². The molecule has 0 atom stereocenters. The number of fused-ring (bicyclic) bond motifs is 1. The highest BCUT2D eigenvalue weighted by Crippen LogP contribution is 2.41. The van der Waals surface area contributed by atoms with Gasteiger partial charge in [0, 0.05) is 35.8 Å². The molecule has 2 aromatic carbocycles. The Morgan fingerprint density at radius 2 is 1.79 bits per heavy atom. The standard InChI is InChI=1S/C34H34FN3O4/c35-29-9-5-4-8-27(29)31-14-10-24-20-25(11-13-30(24)36-31)34-28(23-6-2-1-3-7-23)21-26(12-15-33(40)41)38(34)22-32(39)37-16-18-42-19-17-37/h4-5,8-15,20-21,23H,1-3,6-7,16-19,22H2,(H,40,41). The Morgan fingerprint density at radius 1 is 1.00 bits per heavy atom. The van der Waals surface area contributed by atoms with Gasteiger partial charge in [-0.05, 0) is 72.4 Å². The predicted octanol–water partition coefficient (Wildman–Crippen LogP) is 6.51. The van der Waals surface area contributed by atoms with E-state index in [0.717, 1.165) is 59.5 Å². The van der Waals surface area contributed by atoms with Crippen molar-refractivity contribution in [3.8, 4) is 22.5 Å². The number of carboxylic acids is 1. The first-order valence-electron chi connectivity index (χ1n) is 14.6. The van der Waals surface area contributed by atoms with E-state index in [1.807, 2.05) is 33.7 Å². The van der Waals surface area contributed by atoms with Crippen LogP contribution in [0, 0.1) is 5.82 Å². The van der Waals surface area contributed by atoms with Gasteiger partial charge in [-0.3, -0.25) is 4.79 Å². The fraction of sp³-hybridized carbons (Fsp3) is 0.324. The Morgan fingerprint density at radius 3 is 2.55 bits per heavy atom. The summed E-state index contributed by atoms with van der Waals surface area (Å²) in [6, 6.07) is 18.5. The lowest BCUT2D eigenvalue weighted by molar-refractivity contribution is -0.136. The van der Waals surface area contributed by atoms with Gasteiger partial charge >= 0.3 is 5.97 Å². The molecule has 2 aromatic heterocycles. The van der Waals surface area contributed by atoms with E-state index in [1.54, 1.807) is 24.3 Å². The molecule has 4 aromatic rings. The summed E-state index contributed by atoms with van der Waals surface area (Å²) in [5.74, 6) is -1.05. The van der Waals surface area contributed by atoms with Gasteiger partial charge in [-0.15, -0.1) is 0 Å². The smallest absolute Gasteiger partial charge is 0.328 e. The largest absolute Gasteiger partial charge is 0.478 e. The number of rotatable bonds is 7. The van der Waals surface area contributed by atoms with E-state index in [-0.39, 0.29) is 18.3 Å². The van der Waals surface area contributed by atoms with E-state index in [1.165, 1.54) is 12.5 Å². The normalized spacial score (nSPS) is 16.4. The summed E-state index contributed by atoms with van der Waals surface area (Å²) in [5, 5.41) is 10.3. The van der Waals surface area contributed by atoms with Crippen molar-refractivity contribution in [2.24, 2.45) is 0 Å². The molecule has 42 heavy (non-hydrogen) atoms. The van der Waals surface area contributed by atoms with Crippen molar-refractivity contribution in [3.05, 3.63) is 83.8 Å². The molecule has 1 saturated carbocycles. The number of nitrogens with zero attached hydrogens (tertiary/aromatic N) is 3. The van der Waals surface area contributed by atoms with Gasteiger partial charge < -0.3 is 19.3 Å². The van der Waals surface area contributed by atoms with Crippen LogP contribution in [-0.4, -0.2) is 57.7 Å². The summed E-state index contributed by atoms with van der Waals surface area (Å²) in [4.78, 5) is 31.6. The van der Waals surface area contributed by atoms with Crippen molar-refractivity contribution in [1.29, 1.82) is 0 Å². The molecule has 1 amide bonds. The van der Waals surface area contributed by atoms with Crippen molar-refractivity contribution in [3.63, 3.8) is 0 Å². The Bertz CT molecular complexity index is 1650. The average Bonchev–Trinajstić information content (AvgIpc) is 3.38. The molecule has 7 nitrogen and oxygen atoms in total. The number of aromatic nitrogens is 2. The Labute approximate surface area is 244 Å². The SMILES string of the molecule is O=C(O)C=Cc1cc(C2CCCCC2)c(-c2ccc3nc(-c4ccccc4F)ccc3c2)n1CC(=O)N1CCOCC1. The van der Waals surface area contributed by atoms with Crippen LogP contribution in [-0.2, 0) is 20.9 Å². The van der Waals surface area contributed by atoms with E-state index in [2.05, 4.69) is 12.1 Å². The molecule has 2 fully saturated rings. The van der Waals surface area contributed by atoms with Crippen LogP contribution in [0.4, 0.5) is 4.39 Å². The minimum absolute atomic E-state index is 0.0210. The van der Waals surface area contributed by atoms with Crippen LogP contribution < -0.4 is 0 Å². The van der Waals surface area contributed by atoms with Crippen molar-refractivity contribution in [2.45, 2.75) is 44.6 Å². The molecule has 2 aliphatic rings. The van der Waals surface area contributed by atoms with E-state index in [9.17, 15) is 19.1 Å². The van der Waals surface area contributed by atoms with Crippen LogP contribution in [0.5, 0.6) is 0 Å². The van der Waals surface area contributed by atoms with Crippen molar-refractivity contribution >= 4 is 28.9 Å². The zero-order chi connectivity index (χ0) is 29.1. The second-order valence-electron chi connectivity index (χ2n) is 11.0. The number of carbonyl (C=O) groups is 2. The predicted molar refractivity (Wildman–Crippen MR) is 160 cm³/mol. The third-order valence-electron chi connectivity index (χ3n) is 8.37. The van der Waals surface area contributed by atoms with Crippen LogP contribution in [0.1, 0.15) is 49.3 Å². The summed E-state index contributed by atoms with van der Waals surface area (Å²) < 4.78 is 21.9. The molecular weight excluding hydrogens is 533 g/mol. The van der Waals surface area contributed by atoms with Gasteiger partial charge in [0.1, 0.15) is 12.4 Å². The number of hydrogen-bond acceptors (Lipinski definition) is 4. The quantitative estimate of drug-likeness (QED) is 0.257. The van der Waals surface area contributed by atoms with Gasteiger partial charge in [-0.2, -0.15) is 0 Å². The molecule has 1 aliphatic heterocycles. The fourth-order valence-electron chi connectivity index (χ4n) is 6.24. The zero-order valence-electron chi connectivity index (χ0n) is 23.5. The number of benzene rings is 2. The Hall–Kier alpha value is -4.30. The maximum absolute atomic E-state index is 14.5. The Kier molecular flexibility index (Phi) is 8.15. The van der Waals surface area contributed by atoms with Crippen molar-refractivity contribution < 1.29 is 23.8 Å². The lowest BCUT2D eigenvalue weighted by Crippen LogP contribution is -2.42. The molecule has 0 radical (unpaired) electrons. The number of pyridine rings is 1. The van der Waals surface area contributed by atoms with Gasteiger partial charge in [0.25, 0.3) is 0 Å². The van der Waals surface area contributed by atoms with Crippen molar-refractivity contribution in [2.75, 3.05) is 26.3 Å². The number of aliphatic carboxylic acids is 1. The maximum Gasteiger partial charge on any atom is 0.328 e. The topological polar surface area (TPSA) is 84.7 Å². The van der Waals surface area contributed by atoms with Gasteiger partial charge in [0.15, 0.2) is 0 Å². The molecule has 6 rings (SSSR count). The molecule has 0 spiro atoms. The van der Waals surface area contributed by atoms with E-state index < -0.39 is 5.97 Å². The first-order chi connectivity index (χ1) is 20.5. The average molecular weight is 568 g/mol. The monoisotopic (exact) mass is 567 g/mol. The van der Waals surface area contributed by atoms with E-state index in [4.69, 9.17) is 9.72 Å². The molecule has 3 heterocycles. The lowest BCUT2D eigenvalue weighted by atomic mass is 9.83. The van der Waals surface area contributed by atoms with Gasteiger partial charge in [0.2, 0.25) is 5.91 Å². The number of carboxylic acid groups (broad SMARTS) is 1. The minimum atomic E-state index is -1.04. The van der Waals surface area contributed by atoms with Crippen LogP contribution in [0.15, 0.2) is 66.7 Å². The molecule has 0 unspecified atom stereocenters. The number of halogens is 1. The Balaban J connectivity index is 1.47. The molecule has 1 N–H and O–H groups in total. The number of hydrogen-bond donors (Lipinski definition) is 1. The van der Waals surface area contributed by atoms with Gasteiger partial charge in [0.05, 0.1) is 30.1 Å². The number of carbonyl (C=O) groups excluding carboxylic acids is 1. The summed E-state index contributed by atoms with van der Waals surface area (Å²) >= 11 is 0. The van der Waals surface area contributed by atoms with Crippen LogP contribution in [0.25, 0.3) is 39.5 Å². The second-order valence-corrected chi connectivity index (χ2v) is 11.0. The van der Waals surface area contributed by atoms with Crippen molar-refractivity contribution in [1.82, 2.24) is 14.5 Å². The van der Waals surface area contributed by atoms with Crippen LogP contribution in [0.3, 0.4) is 0 Å². The summed E-state index contributed by atoms with van der Waals surface area (Å²) in [6.45, 7) is 2.20. The fourth-order valence-corrected chi connectivity index (χ4v) is 6.24.